The van der Waals surface area contributed by atoms with Crippen molar-refractivity contribution in [1.29, 1.82) is 0 Å². The SMILES string of the molecule is O=C(NN1CCCN1)C1CC(C2CCCC(Cl)C2)ON1. The topological polar surface area (TPSA) is 65.6 Å². The second kappa shape index (κ2) is 6.58. The Hall–Kier alpha value is -0.400. The third-order valence-corrected chi connectivity index (χ3v) is 4.83. The minimum absolute atomic E-state index is 0.0277. The number of hydroxylamine groups is 1. The molecule has 3 aliphatic rings. The summed E-state index contributed by atoms with van der Waals surface area (Å²) in [4.78, 5) is 17.8. The maximum Gasteiger partial charge on any atom is 0.254 e. The van der Waals surface area contributed by atoms with Crippen LogP contribution < -0.4 is 16.3 Å². The highest BCUT2D eigenvalue weighted by atomic mass is 35.5. The number of hydrogen-bond donors (Lipinski definition) is 3. The lowest BCUT2D eigenvalue weighted by Gasteiger charge is -2.28. The lowest BCUT2D eigenvalue weighted by Crippen LogP contribution is -2.51. The van der Waals surface area contributed by atoms with Crippen molar-refractivity contribution < 1.29 is 9.63 Å². The van der Waals surface area contributed by atoms with Crippen molar-refractivity contribution in [2.24, 2.45) is 5.92 Å². The van der Waals surface area contributed by atoms with E-state index in [1.807, 2.05) is 0 Å². The molecule has 0 radical (unpaired) electrons. The van der Waals surface area contributed by atoms with Gasteiger partial charge in [0.1, 0.15) is 6.04 Å². The second-order valence-electron chi connectivity index (χ2n) is 5.98. The fourth-order valence-electron chi connectivity index (χ4n) is 3.29. The number of carbonyl (C=O) groups is 1. The van der Waals surface area contributed by atoms with Crippen LogP contribution in [0.25, 0.3) is 0 Å². The zero-order chi connectivity index (χ0) is 13.9. The Morgan fingerprint density at radius 3 is 2.95 bits per heavy atom. The van der Waals surface area contributed by atoms with Gasteiger partial charge in [-0.3, -0.25) is 15.1 Å². The van der Waals surface area contributed by atoms with Crippen molar-refractivity contribution in [2.45, 2.75) is 56.0 Å². The average Bonchev–Trinajstić information content (AvgIpc) is 3.09. The van der Waals surface area contributed by atoms with E-state index in [1.54, 1.807) is 5.12 Å². The van der Waals surface area contributed by atoms with Gasteiger partial charge in [0.05, 0.1) is 6.10 Å². The first-order valence-electron chi connectivity index (χ1n) is 7.59. The first kappa shape index (κ1) is 14.5. The number of hydrogen-bond acceptors (Lipinski definition) is 5. The molecule has 0 bridgehead atoms. The first-order chi connectivity index (χ1) is 9.72. The first-order valence-corrected chi connectivity index (χ1v) is 8.03. The molecular weight excluding hydrogens is 280 g/mol. The smallest absolute Gasteiger partial charge is 0.254 e. The largest absolute Gasteiger partial charge is 0.297 e. The Bertz CT molecular complexity index is 351. The molecule has 6 nitrogen and oxygen atoms in total. The van der Waals surface area contributed by atoms with Crippen molar-refractivity contribution in [2.75, 3.05) is 13.1 Å². The van der Waals surface area contributed by atoms with E-state index in [4.69, 9.17) is 16.4 Å². The van der Waals surface area contributed by atoms with Crippen LogP contribution in [0, 0.1) is 5.92 Å². The second-order valence-corrected chi connectivity index (χ2v) is 6.59. The van der Waals surface area contributed by atoms with E-state index in [-0.39, 0.29) is 23.4 Å². The lowest BCUT2D eigenvalue weighted by atomic mass is 9.83. The van der Waals surface area contributed by atoms with Gasteiger partial charge in [0.2, 0.25) is 0 Å². The number of nitrogens with zero attached hydrogens (tertiary/aromatic N) is 1. The van der Waals surface area contributed by atoms with Gasteiger partial charge in [0.15, 0.2) is 0 Å². The van der Waals surface area contributed by atoms with E-state index in [0.29, 0.717) is 5.92 Å². The van der Waals surface area contributed by atoms with E-state index in [1.165, 1.54) is 0 Å². The summed E-state index contributed by atoms with van der Waals surface area (Å²) in [6, 6.07) is -0.266. The van der Waals surface area contributed by atoms with Gasteiger partial charge in [0, 0.05) is 24.9 Å². The molecule has 0 aromatic heterocycles. The zero-order valence-electron chi connectivity index (χ0n) is 11.6. The standard InChI is InChI=1S/C13H23ClN4O2/c14-10-4-1-3-9(7-10)12-8-11(17-20-12)13(19)16-18-6-2-5-15-18/h9-12,15,17H,1-8H2,(H,16,19). The molecule has 4 unspecified atom stereocenters. The molecule has 3 rings (SSSR count). The van der Waals surface area contributed by atoms with Crippen molar-refractivity contribution in [3.8, 4) is 0 Å². The quantitative estimate of drug-likeness (QED) is 0.669. The Morgan fingerprint density at radius 1 is 1.30 bits per heavy atom. The molecule has 2 saturated heterocycles. The summed E-state index contributed by atoms with van der Waals surface area (Å²) in [6.45, 7) is 1.76. The average molecular weight is 303 g/mol. The maximum absolute atomic E-state index is 12.1. The Morgan fingerprint density at radius 2 is 2.20 bits per heavy atom. The monoisotopic (exact) mass is 302 g/mol. The van der Waals surface area contributed by atoms with Gasteiger partial charge in [-0.1, -0.05) is 6.42 Å². The van der Waals surface area contributed by atoms with Crippen molar-refractivity contribution >= 4 is 17.5 Å². The van der Waals surface area contributed by atoms with E-state index in [0.717, 1.165) is 51.6 Å². The van der Waals surface area contributed by atoms with Gasteiger partial charge in [-0.2, -0.15) is 10.6 Å². The predicted octanol–water partition coefficient (Wildman–Crippen LogP) is 0.688. The van der Waals surface area contributed by atoms with Crippen LogP contribution in [0.5, 0.6) is 0 Å². The van der Waals surface area contributed by atoms with Gasteiger partial charge >= 0.3 is 0 Å². The summed E-state index contributed by atoms with van der Waals surface area (Å²) >= 11 is 6.23. The molecule has 2 heterocycles. The summed E-state index contributed by atoms with van der Waals surface area (Å²) in [7, 11) is 0. The maximum atomic E-state index is 12.1. The Labute approximate surface area is 124 Å². The lowest BCUT2D eigenvalue weighted by molar-refractivity contribution is -0.130. The molecule has 20 heavy (non-hydrogen) atoms. The molecular formula is C13H23ClN4O2. The Balaban J connectivity index is 1.47. The number of nitrogens with one attached hydrogen (secondary N) is 3. The molecule has 4 atom stereocenters. The Kier molecular flexibility index (Phi) is 4.78. The minimum atomic E-state index is -0.266. The third-order valence-electron chi connectivity index (χ3n) is 4.43. The predicted molar refractivity (Wildman–Crippen MR) is 75.5 cm³/mol. The number of halogens is 1. The highest BCUT2D eigenvalue weighted by molar-refractivity contribution is 6.20. The molecule has 3 N–H and O–H groups in total. The normalized spacial score (nSPS) is 39.0. The summed E-state index contributed by atoms with van der Waals surface area (Å²) < 4.78 is 0. The van der Waals surface area contributed by atoms with E-state index < -0.39 is 0 Å². The van der Waals surface area contributed by atoms with Gasteiger partial charge in [-0.25, -0.2) is 5.43 Å². The van der Waals surface area contributed by atoms with Crippen LogP contribution >= 0.6 is 11.6 Å². The molecule has 7 heteroatoms. The number of carbonyl (C=O) groups excluding carboxylic acids is 1. The van der Waals surface area contributed by atoms with Crippen LogP contribution in [0.15, 0.2) is 0 Å². The van der Waals surface area contributed by atoms with Crippen molar-refractivity contribution in [3.05, 3.63) is 0 Å². The van der Waals surface area contributed by atoms with Crippen LogP contribution in [0.1, 0.15) is 38.5 Å². The summed E-state index contributed by atoms with van der Waals surface area (Å²) in [5.74, 6) is 0.446. The van der Waals surface area contributed by atoms with Crippen molar-refractivity contribution in [3.63, 3.8) is 0 Å². The molecule has 0 aromatic carbocycles. The van der Waals surface area contributed by atoms with E-state index >= 15 is 0 Å². The molecule has 1 amide bonds. The van der Waals surface area contributed by atoms with Crippen LogP contribution in [-0.4, -0.2) is 41.6 Å². The van der Waals surface area contributed by atoms with Crippen molar-refractivity contribution in [1.82, 2.24) is 21.4 Å². The summed E-state index contributed by atoms with van der Waals surface area (Å²) in [5, 5.41) is 2.02. The molecule has 114 valence electrons. The molecule has 1 aliphatic carbocycles. The van der Waals surface area contributed by atoms with Crippen LogP contribution in [0.2, 0.25) is 0 Å². The van der Waals surface area contributed by atoms with Gasteiger partial charge in [-0.15, -0.1) is 11.6 Å². The fraction of sp³-hybridized carbons (Fsp3) is 0.923. The minimum Gasteiger partial charge on any atom is -0.297 e. The molecule has 0 spiro atoms. The zero-order valence-corrected chi connectivity index (χ0v) is 12.4. The summed E-state index contributed by atoms with van der Waals surface area (Å²) in [6.07, 6.45) is 6.30. The third kappa shape index (κ3) is 3.43. The highest BCUT2D eigenvalue weighted by Gasteiger charge is 2.37. The number of amides is 1. The van der Waals surface area contributed by atoms with Crippen LogP contribution in [0.3, 0.4) is 0 Å². The molecule has 2 aliphatic heterocycles. The van der Waals surface area contributed by atoms with Gasteiger partial charge in [0.25, 0.3) is 5.91 Å². The number of rotatable bonds is 3. The van der Waals surface area contributed by atoms with Crippen LogP contribution in [-0.2, 0) is 9.63 Å². The number of hydrazine groups is 2. The molecule has 0 aromatic rings. The van der Waals surface area contributed by atoms with E-state index in [2.05, 4.69) is 16.3 Å². The van der Waals surface area contributed by atoms with Gasteiger partial charge in [-0.05, 0) is 31.6 Å². The van der Waals surface area contributed by atoms with Gasteiger partial charge < -0.3 is 0 Å². The van der Waals surface area contributed by atoms with E-state index in [9.17, 15) is 4.79 Å². The number of alkyl halides is 1. The molecule has 1 saturated carbocycles. The molecule has 3 fully saturated rings. The highest BCUT2D eigenvalue weighted by Crippen LogP contribution is 2.34. The summed E-state index contributed by atoms with van der Waals surface area (Å²) in [5.41, 5.74) is 8.86. The fourth-order valence-corrected chi connectivity index (χ4v) is 3.67. The van der Waals surface area contributed by atoms with Crippen LogP contribution in [0.4, 0.5) is 0 Å².